The number of benzene rings is 1. The van der Waals surface area contributed by atoms with E-state index >= 15 is 0 Å². The van der Waals surface area contributed by atoms with Crippen LogP contribution >= 0.6 is 0 Å². The molecule has 7 heteroatoms. The zero-order valence-electron chi connectivity index (χ0n) is 14.5. The molecule has 0 aliphatic heterocycles. The van der Waals surface area contributed by atoms with E-state index in [1.54, 1.807) is 6.92 Å². The van der Waals surface area contributed by atoms with E-state index in [2.05, 4.69) is 34.6 Å². The van der Waals surface area contributed by atoms with Crippen LogP contribution < -0.4 is 10.6 Å². The fraction of sp³-hybridized carbons (Fsp3) is 0.471. The van der Waals surface area contributed by atoms with Gasteiger partial charge in [-0.05, 0) is 37.5 Å². The highest BCUT2D eigenvalue weighted by Crippen LogP contribution is 2.24. The second-order valence-corrected chi connectivity index (χ2v) is 5.88. The Morgan fingerprint density at radius 1 is 1.33 bits per heavy atom. The van der Waals surface area contributed by atoms with Gasteiger partial charge in [0, 0.05) is 17.8 Å². The van der Waals surface area contributed by atoms with Crippen molar-refractivity contribution in [3.05, 3.63) is 35.5 Å². The van der Waals surface area contributed by atoms with Crippen LogP contribution in [-0.2, 0) is 17.7 Å². The summed E-state index contributed by atoms with van der Waals surface area (Å²) in [5.74, 6) is 1.73. The summed E-state index contributed by atoms with van der Waals surface area (Å²) in [6, 6.07) is 5.62. The normalized spacial score (nSPS) is 10.7. The monoisotopic (exact) mass is 332 g/mol. The molecule has 1 aromatic carbocycles. The Balaban J connectivity index is 1.99. The smallest absolute Gasteiger partial charge is 0.411 e. The van der Waals surface area contributed by atoms with Gasteiger partial charge in [-0.2, -0.15) is 4.98 Å². The summed E-state index contributed by atoms with van der Waals surface area (Å²) in [5.41, 5.74) is 2.50. The van der Waals surface area contributed by atoms with Crippen LogP contribution in [0, 0.1) is 12.8 Å². The summed E-state index contributed by atoms with van der Waals surface area (Å²) >= 11 is 0. The van der Waals surface area contributed by atoms with Crippen LogP contribution in [0.4, 0.5) is 16.2 Å². The molecule has 0 fully saturated rings. The lowest BCUT2D eigenvalue weighted by Gasteiger charge is -2.13. The minimum Gasteiger partial charge on any atom is -0.450 e. The highest BCUT2D eigenvalue weighted by atomic mass is 16.5. The van der Waals surface area contributed by atoms with Gasteiger partial charge < -0.3 is 14.6 Å². The summed E-state index contributed by atoms with van der Waals surface area (Å²) in [6.45, 7) is 8.68. The molecule has 0 aliphatic rings. The number of hydrogen-bond acceptors (Lipinski definition) is 6. The van der Waals surface area contributed by atoms with Gasteiger partial charge in [0.2, 0.25) is 5.89 Å². The van der Waals surface area contributed by atoms with Gasteiger partial charge in [-0.25, -0.2) is 4.79 Å². The number of hydrogen-bond donors (Lipinski definition) is 2. The number of aromatic nitrogens is 2. The van der Waals surface area contributed by atoms with Crippen LogP contribution in [0.2, 0.25) is 0 Å². The molecule has 24 heavy (non-hydrogen) atoms. The lowest BCUT2D eigenvalue weighted by Crippen LogP contribution is -2.14. The van der Waals surface area contributed by atoms with Crippen molar-refractivity contribution in [1.82, 2.24) is 10.1 Å². The maximum Gasteiger partial charge on any atom is 0.411 e. The number of ether oxygens (including phenoxy) is 1. The molecule has 0 saturated heterocycles. The number of rotatable bonds is 7. The predicted molar refractivity (Wildman–Crippen MR) is 92.0 cm³/mol. The van der Waals surface area contributed by atoms with E-state index in [9.17, 15) is 4.79 Å². The number of nitrogens with zero attached hydrogens (tertiary/aromatic N) is 2. The second kappa shape index (κ2) is 8.33. The molecule has 0 bridgehead atoms. The third-order valence-corrected chi connectivity index (χ3v) is 3.38. The van der Waals surface area contributed by atoms with Gasteiger partial charge in [-0.1, -0.05) is 25.1 Å². The molecule has 0 radical (unpaired) electrons. The summed E-state index contributed by atoms with van der Waals surface area (Å²) in [6.07, 6.45) is 0.305. The van der Waals surface area contributed by atoms with Crippen molar-refractivity contribution in [2.24, 2.45) is 5.92 Å². The predicted octanol–water partition coefficient (Wildman–Crippen LogP) is 3.76. The average Bonchev–Trinajstić information content (AvgIpc) is 2.95. The van der Waals surface area contributed by atoms with E-state index in [4.69, 9.17) is 9.26 Å². The van der Waals surface area contributed by atoms with Crippen molar-refractivity contribution >= 4 is 17.5 Å². The van der Waals surface area contributed by atoms with Crippen molar-refractivity contribution in [2.75, 3.05) is 17.2 Å². The topological polar surface area (TPSA) is 89.3 Å². The fourth-order valence-electron chi connectivity index (χ4n) is 2.21. The van der Waals surface area contributed by atoms with Crippen molar-refractivity contribution < 1.29 is 14.1 Å². The molecule has 1 heterocycles. The zero-order chi connectivity index (χ0) is 17.5. The molecule has 0 aliphatic carbocycles. The van der Waals surface area contributed by atoms with Crippen LogP contribution in [0.3, 0.4) is 0 Å². The molecule has 0 unspecified atom stereocenters. The standard InChI is InChI=1S/C17H24N4O3/c1-5-23-17(22)19-14-8-6-7-13(12(14)4)18-10-15-20-16(24-21-15)9-11(2)3/h6-8,11,18H,5,9-10H2,1-4H3,(H,19,22). The number of anilines is 2. The first-order valence-electron chi connectivity index (χ1n) is 8.08. The number of carbonyl (C=O) groups is 1. The van der Waals surface area contributed by atoms with Gasteiger partial charge in [0.05, 0.1) is 13.2 Å². The molecule has 2 N–H and O–H groups in total. The quantitative estimate of drug-likeness (QED) is 0.802. The first-order chi connectivity index (χ1) is 11.5. The van der Waals surface area contributed by atoms with Gasteiger partial charge in [0.1, 0.15) is 0 Å². The highest BCUT2D eigenvalue weighted by Gasteiger charge is 2.10. The molecular weight excluding hydrogens is 308 g/mol. The first-order valence-corrected chi connectivity index (χ1v) is 8.08. The van der Waals surface area contributed by atoms with Crippen molar-refractivity contribution in [3.63, 3.8) is 0 Å². The molecule has 1 amide bonds. The van der Waals surface area contributed by atoms with Crippen LogP contribution in [0.25, 0.3) is 0 Å². The number of carbonyl (C=O) groups excluding carboxylic acids is 1. The average molecular weight is 332 g/mol. The van der Waals surface area contributed by atoms with E-state index < -0.39 is 6.09 Å². The largest absolute Gasteiger partial charge is 0.450 e. The minimum atomic E-state index is -0.464. The first kappa shape index (κ1) is 17.8. The Morgan fingerprint density at radius 2 is 2.08 bits per heavy atom. The van der Waals surface area contributed by atoms with Gasteiger partial charge >= 0.3 is 6.09 Å². The van der Waals surface area contributed by atoms with E-state index in [0.717, 1.165) is 17.7 Å². The third kappa shape index (κ3) is 4.97. The molecule has 7 nitrogen and oxygen atoms in total. The fourth-order valence-corrected chi connectivity index (χ4v) is 2.21. The molecule has 0 atom stereocenters. The van der Waals surface area contributed by atoms with E-state index in [1.165, 1.54) is 0 Å². The SMILES string of the molecule is CCOC(=O)Nc1cccc(NCc2noc(CC(C)C)n2)c1C. The maximum atomic E-state index is 11.6. The lowest BCUT2D eigenvalue weighted by molar-refractivity contribution is 0.168. The van der Waals surface area contributed by atoms with Crippen molar-refractivity contribution in [1.29, 1.82) is 0 Å². The van der Waals surface area contributed by atoms with Crippen LogP contribution in [0.1, 0.15) is 38.0 Å². The van der Waals surface area contributed by atoms with E-state index in [0.29, 0.717) is 36.5 Å². The summed E-state index contributed by atoms with van der Waals surface area (Å²) in [5, 5.41) is 9.96. The summed E-state index contributed by atoms with van der Waals surface area (Å²) in [7, 11) is 0. The highest BCUT2D eigenvalue weighted by molar-refractivity contribution is 5.87. The van der Waals surface area contributed by atoms with Crippen LogP contribution in [0.15, 0.2) is 22.7 Å². The van der Waals surface area contributed by atoms with E-state index in [-0.39, 0.29) is 0 Å². The van der Waals surface area contributed by atoms with Gasteiger partial charge in [0.25, 0.3) is 0 Å². The van der Waals surface area contributed by atoms with Crippen molar-refractivity contribution in [2.45, 2.75) is 40.7 Å². The summed E-state index contributed by atoms with van der Waals surface area (Å²) in [4.78, 5) is 15.9. The summed E-state index contributed by atoms with van der Waals surface area (Å²) < 4.78 is 10.1. The Morgan fingerprint density at radius 3 is 2.79 bits per heavy atom. The van der Waals surface area contributed by atoms with Gasteiger partial charge in [-0.3, -0.25) is 5.32 Å². The third-order valence-electron chi connectivity index (χ3n) is 3.38. The molecule has 1 aromatic heterocycles. The molecule has 2 aromatic rings. The van der Waals surface area contributed by atoms with Gasteiger partial charge in [0.15, 0.2) is 5.82 Å². The molecule has 0 spiro atoms. The minimum absolute atomic E-state index is 0.333. The number of nitrogens with one attached hydrogen (secondary N) is 2. The Hall–Kier alpha value is -2.57. The Kier molecular flexibility index (Phi) is 6.17. The second-order valence-electron chi connectivity index (χ2n) is 5.88. The lowest BCUT2D eigenvalue weighted by atomic mass is 10.1. The van der Waals surface area contributed by atoms with E-state index in [1.807, 2.05) is 25.1 Å². The van der Waals surface area contributed by atoms with Crippen molar-refractivity contribution in [3.8, 4) is 0 Å². The molecule has 2 rings (SSSR count). The van der Waals surface area contributed by atoms with Crippen LogP contribution in [0.5, 0.6) is 0 Å². The Labute approximate surface area is 141 Å². The molecule has 0 saturated carbocycles. The maximum absolute atomic E-state index is 11.6. The van der Waals surface area contributed by atoms with Crippen LogP contribution in [-0.4, -0.2) is 22.8 Å². The molecular formula is C17H24N4O3. The molecule has 130 valence electrons. The number of amides is 1. The zero-order valence-corrected chi connectivity index (χ0v) is 14.5. The Bertz CT molecular complexity index is 682. The van der Waals surface area contributed by atoms with Gasteiger partial charge in [-0.15, -0.1) is 0 Å².